The number of amides is 1. The Kier molecular flexibility index (Phi) is 3.08. The zero-order valence-corrected chi connectivity index (χ0v) is 11.0. The van der Waals surface area contributed by atoms with Gasteiger partial charge in [0.25, 0.3) is 5.91 Å². The largest absolute Gasteiger partial charge is 0.484 e. The second-order valence-electron chi connectivity index (χ2n) is 4.27. The summed E-state index contributed by atoms with van der Waals surface area (Å²) in [5.74, 6) is 0.666. The number of para-hydroxylation sites is 1. The number of hydrogen-bond donors (Lipinski definition) is 1. The topological polar surface area (TPSA) is 68.5 Å². The Morgan fingerprint density at radius 3 is 2.89 bits per heavy atom. The van der Waals surface area contributed by atoms with E-state index in [2.05, 4.69) is 4.98 Å². The molecule has 2 aromatic rings. The van der Waals surface area contributed by atoms with Crippen LogP contribution in [-0.2, 0) is 17.9 Å². The Labute approximate surface area is 114 Å². The Balaban J connectivity index is 1.57. The molecule has 0 aliphatic carbocycles. The number of ether oxygens (including phenoxy) is 1. The van der Waals surface area contributed by atoms with Gasteiger partial charge in [-0.15, -0.1) is 11.3 Å². The minimum absolute atomic E-state index is 0.0346. The molecule has 1 aromatic heterocycles. The van der Waals surface area contributed by atoms with Crippen LogP contribution in [0.2, 0.25) is 0 Å². The lowest BCUT2D eigenvalue weighted by molar-refractivity contribution is -0.134. The number of nitrogens with two attached hydrogens (primary N) is 1. The third-order valence-corrected chi connectivity index (χ3v) is 3.84. The SMILES string of the molecule is Nc1nc2c(s1)CN(C(=O)COc1ccccc1)C2. The molecule has 0 fully saturated rings. The maximum atomic E-state index is 12.0. The van der Waals surface area contributed by atoms with Gasteiger partial charge in [-0.2, -0.15) is 0 Å². The molecular weight excluding hydrogens is 262 g/mol. The first-order valence-corrected chi connectivity index (χ1v) is 6.73. The van der Waals surface area contributed by atoms with Crippen LogP contribution in [0.3, 0.4) is 0 Å². The highest BCUT2D eigenvalue weighted by Crippen LogP contribution is 2.29. The van der Waals surface area contributed by atoms with E-state index in [1.807, 2.05) is 30.3 Å². The standard InChI is InChI=1S/C13H13N3O2S/c14-13-15-10-6-16(7-11(10)19-13)12(17)8-18-9-4-2-1-3-5-9/h1-5H,6-8H2,(H2,14,15). The van der Waals surface area contributed by atoms with Crippen LogP contribution >= 0.6 is 11.3 Å². The Hall–Kier alpha value is -2.08. The zero-order chi connectivity index (χ0) is 13.2. The summed E-state index contributed by atoms with van der Waals surface area (Å²) in [5.41, 5.74) is 6.54. The fraction of sp³-hybridized carbons (Fsp3) is 0.231. The monoisotopic (exact) mass is 275 g/mol. The van der Waals surface area contributed by atoms with Crippen molar-refractivity contribution >= 4 is 22.4 Å². The van der Waals surface area contributed by atoms with Gasteiger partial charge in [0, 0.05) is 0 Å². The zero-order valence-electron chi connectivity index (χ0n) is 10.2. The average molecular weight is 275 g/mol. The number of anilines is 1. The molecule has 0 saturated carbocycles. The number of fused-ring (bicyclic) bond motifs is 1. The molecule has 0 radical (unpaired) electrons. The third kappa shape index (κ3) is 2.53. The highest BCUT2D eigenvalue weighted by atomic mass is 32.1. The van der Waals surface area contributed by atoms with Crippen molar-refractivity contribution in [1.82, 2.24) is 9.88 Å². The summed E-state index contributed by atoms with van der Waals surface area (Å²) in [6, 6.07) is 9.32. The van der Waals surface area contributed by atoms with Crippen LogP contribution in [-0.4, -0.2) is 22.4 Å². The second-order valence-corrected chi connectivity index (χ2v) is 5.39. The van der Waals surface area contributed by atoms with Gasteiger partial charge in [-0.1, -0.05) is 18.2 Å². The molecule has 6 heteroatoms. The minimum Gasteiger partial charge on any atom is -0.484 e. The van der Waals surface area contributed by atoms with E-state index in [4.69, 9.17) is 10.5 Å². The van der Waals surface area contributed by atoms with Crippen molar-refractivity contribution < 1.29 is 9.53 Å². The summed E-state index contributed by atoms with van der Waals surface area (Å²) >= 11 is 1.44. The summed E-state index contributed by atoms with van der Waals surface area (Å²) in [5, 5.41) is 0.567. The molecule has 98 valence electrons. The van der Waals surface area contributed by atoms with Gasteiger partial charge in [-0.05, 0) is 12.1 Å². The molecule has 5 nitrogen and oxygen atoms in total. The first-order chi connectivity index (χ1) is 9.22. The summed E-state index contributed by atoms with van der Waals surface area (Å²) in [6.45, 7) is 1.16. The van der Waals surface area contributed by atoms with Gasteiger partial charge in [0.2, 0.25) is 0 Å². The number of nitrogens with zero attached hydrogens (tertiary/aromatic N) is 2. The first-order valence-electron chi connectivity index (χ1n) is 5.92. The number of rotatable bonds is 3. The van der Waals surface area contributed by atoms with Gasteiger partial charge in [0.15, 0.2) is 11.7 Å². The maximum absolute atomic E-state index is 12.0. The second kappa shape index (κ2) is 4.89. The molecule has 19 heavy (non-hydrogen) atoms. The molecule has 0 spiro atoms. The molecule has 2 N–H and O–H groups in total. The van der Waals surface area contributed by atoms with Crippen LogP contribution in [0.4, 0.5) is 5.13 Å². The van der Waals surface area contributed by atoms with Gasteiger partial charge < -0.3 is 15.4 Å². The minimum atomic E-state index is -0.0346. The number of carbonyl (C=O) groups is 1. The molecular formula is C13H13N3O2S. The fourth-order valence-electron chi connectivity index (χ4n) is 1.99. The van der Waals surface area contributed by atoms with Crippen molar-refractivity contribution in [1.29, 1.82) is 0 Å². The van der Waals surface area contributed by atoms with E-state index in [-0.39, 0.29) is 12.5 Å². The van der Waals surface area contributed by atoms with Crippen molar-refractivity contribution in [2.75, 3.05) is 12.3 Å². The van der Waals surface area contributed by atoms with Gasteiger partial charge in [0.1, 0.15) is 5.75 Å². The van der Waals surface area contributed by atoms with Crippen molar-refractivity contribution in [2.24, 2.45) is 0 Å². The predicted octanol–water partition coefficient (Wildman–Crippen LogP) is 1.65. The van der Waals surface area contributed by atoms with Crippen molar-refractivity contribution in [2.45, 2.75) is 13.1 Å². The lowest BCUT2D eigenvalue weighted by Gasteiger charge is -2.15. The van der Waals surface area contributed by atoms with Gasteiger partial charge in [-0.3, -0.25) is 4.79 Å². The van der Waals surface area contributed by atoms with Crippen LogP contribution in [0.25, 0.3) is 0 Å². The van der Waals surface area contributed by atoms with Crippen LogP contribution in [0.5, 0.6) is 5.75 Å². The lowest BCUT2D eigenvalue weighted by atomic mass is 10.3. The molecule has 0 unspecified atom stereocenters. The summed E-state index contributed by atoms with van der Waals surface area (Å²) < 4.78 is 5.45. The van der Waals surface area contributed by atoms with E-state index in [0.29, 0.717) is 24.0 Å². The van der Waals surface area contributed by atoms with Crippen molar-refractivity contribution in [3.8, 4) is 5.75 Å². The molecule has 2 heterocycles. The van der Waals surface area contributed by atoms with E-state index in [0.717, 1.165) is 10.6 Å². The van der Waals surface area contributed by atoms with E-state index in [9.17, 15) is 4.79 Å². The summed E-state index contributed by atoms with van der Waals surface area (Å²) in [4.78, 5) is 19.0. The Morgan fingerprint density at radius 1 is 1.37 bits per heavy atom. The van der Waals surface area contributed by atoms with E-state index in [1.165, 1.54) is 11.3 Å². The highest BCUT2D eigenvalue weighted by molar-refractivity contribution is 7.15. The van der Waals surface area contributed by atoms with E-state index in [1.54, 1.807) is 4.90 Å². The number of nitrogen functional groups attached to an aromatic ring is 1. The smallest absolute Gasteiger partial charge is 0.261 e. The Morgan fingerprint density at radius 2 is 2.16 bits per heavy atom. The predicted molar refractivity (Wildman–Crippen MR) is 72.7 cm³/mol. The number of carbonyl (C=O) groups excluding carboxylic acids is 1. The van der Waals surface area contributed by atoms with Gasteiger partial charge >= 0.3 is 0 Å². The lowest BCUT2D eigenvalue weighted by Crippen LogP contribution is -2.30. The van der Waals surface area contributed by atoms with Gasteiger partial charge in [0.05, 0.1) is 23.7 Å². The summed E-state index contributed by atoms with van der Waals surface area (Å²) in [6.07, 6.45) is 0. The van der Waals surface area contributed by atoms with E-state index >= 15 is 0 Å². The summed E-state index contributed by atoms with van der Waals surface area (Å²) in [7, 11) is 0. The average Bonchev–Trinajstić information content (AvgIpc) is 2.94. The van der Waals surface area contributed by atoms with Crippen LogP contribution < -0.4 is 10.5 Å². The van der Waals surface area contributed by atoms with Gasteiger partial charge in [-0.25, -0.2) is 4.98 Å². The number of hydrogen-bond acceptors (Lipinski definition) is 5. The molecule has 0 saturated heterocycles. The molecule has 3 rings (SSSR count). The number of thiazole rings is 1. The van der Waals surface area contributed by atoms with Crippen LogP contribution in [0, 0.1) is 0 Å². The maximum Gasteiger partial charge on any atom is 0.261 e. The molecule has 0 atom stereocenters. The van der Waals surface area contributed by atoms with E-state index < -0.39 is 0 Å². The fourth-order valence-corrected chi connectivity index (χ4v) is 2.85. The number of benzene rings is 1. The molecule has 1 aromatic carbocycles. The number of aromatic nitrogens is 1. The normalized spacial score (nSPS) is 13.4. The van der Waals surface area contributed by atoms with Crippen molar-refractivity contribution in [3.05, 3.63) is 40.9 Å². The Bertz CT molecular complexity index is 574. The highest BCUT2D eigenvalue weighted by Gasteiger charge is 2.26. The molecule has 0 bridgehead atoms. The molecule has 1 amide bonds. The molecule has 1 aliphatic heterocycles. The van der Waals surface area contributed by atoms with Crippen LogP contribution in [0.15, 0.2) is 30.3 Å². The van der Waals surface area contributed by atoms with Crippen molar-refractivity contribution in [3.63, 3.8) is 0 Å². The first kappa shape index (κ1) is 12.0. The quantitative estimate of drug-likeness (QED) is 0.924. The molecule has 1 aliphatic rings. The third-order valence-electron chi connectivity index (χ3n) is 2.93. The van der Waals surface area contributed by atoms with Crippen LogP contribution in [0.1, 0.15) is 10.6 Å².